The summed E-state index contributed by atoms with van der Waals surface area (Å²) in [5.41, 5.74) is 1.99. The van der Waals surface area contributed by atoms with Crippen molar-refractivity contribution >= 4 is 5.91 Å². The first-order chi connectivity index (χ1) is 11.3. The Bertz CT molecular complexity index is 575. The molecule has 0 radical (unpaired) electrons. The van der Waals surface area contributed by atoms with Crippen LogP contribution in [-0.2, 0) is 11.3 Å². The van der Waals surface area contributed by atoms with Crippen LogP contribution in [0.3, 0.4) is 0 Å². The molecule has 4 nitrogen and oxygen atoms in total. The highest BCUT2D eigenvalue weighted by Crippen LogP contribution is 2.23. The van der Waals surface area contributed by atoms with Gasteiger partial charge in [-0.15, -0.1) is 0 Å². The van der Waals surface area contributed by atoms with Crippen molar-refractivity contribution in [3.63, 3.8) is 0 Å². The van der Waals surface area contributed by atoms with Crippen LogP contribution < -0.4 is 0 Å². The van der Waals surface area contributed by atoms with Crippen molar-refractivity contribution in [2.45, 2.75) is 51.1 Å². The molecule has 0 unspecified atom stereocenters. The van der Waals surface area contributed by atoms with Crippen molar-refractivity contribution < 1.29 is 4.79 Å². The van der Waals surface area contributed by atoms with E-state index in [0.29, 0.717) is 11.9 Å². The molecule has 0 spiro atoms. The fourth-order valence-corrected chi connectivity index (χ4v) is 3.76. The standard InChI is InChI=1S/C19H25N3O/c20-14-16-6-8-17(9-7-16)15-22-11-2-1-4-18(22)10-13-21-12-3-5-19(21)23/h6-9,18H,1-5,10-13,15H2/t18-/m0/s1. The first kappa shape index (κ1) is 16.0. The summed E-state index contributed by atoms with van der Waals surface area (Å²) in [6, 6.07) is 10.7. The maximum atomic E-state index is 11.8. The van der Waals surface area contributed by atoms with E-state index in [0.717, 1.165) is 51.0 Å². The number of likely N-dealkylation sites (tertiary alicyclic amines) is 2. The molecule has 0 aromatic heterocycles. The minimum Gasteiger partial charge on any atom is -0.343 e. The molecule has 1 aromatic rings. The van der Waals surface area contributed by atoms with E-state index in [1.54, 1.807) is 0 Å². The van der Waals surface area contributed by atoms with Crippen LogP contribution in [0, 0.1) is 11.3 Å². The molecule has 23 heavy (non-hydrogen) atoms. The maximum Gasteiger partial charge on any atom is 0.222 e. The number of nitrogens with zero attached hydrogens (tertiary/aromatic N) is 3. The Morgan fingerprint density at radius 1 is 1.13 bits per heavy atom. The van der Waals surface area contributed by atoms with Crippen molar-refractivity contribution in [1.82, 2.24) is 9.80 Å². The third-order valence-electron chi connectivity index (χ3n) is 5.12. The normalized spacial score (nSPS) is 22.3. The van der Waals surface area contributed by atoms with Gasteiger partial charge < -0.3 is 4.90 Å². The summed E-state index contributed by atoms with van der Waals surface area (Å²) in [5, 5.41) is 8.89. The molecule has 2 heterocycles. The van der Waals surface area contributed by atoms with Gasteiger partial charge in [-0.1, -0.05) is 18.6 Å². The molecular weight excluding hydrogens is 286 g/mol. The third-order valence-corrected chi connectivity index (χ3v) is 5.12. The van der Waals surface area contributed by atoms with Crippen LogP contribution in [0.2, 0.25) is 0 Å². The molecular formula is C19H25N3O. The SMILES string of the molecule is N#Cc1ccc(CN2CCCC[C@H]2CCN2CCCC2=O)cc1. The number of carbonyl (C=O) groups excluding carboxylic acids is 1. The topological polar surface area (TPSA) is 47.3 Å². The minimum atomic E-state index is 0.333. The Morgan fingerprint density at radius 2 is 1.96 bits per heavy atom. The van der Waals surface area contributed by atoms with Gasteiger partial charge in [0.25, 0.3) is 0 Å². The van der Waals surface area contributed by atoms with Gasteiger partial charge in [-0.05, 0) is 49.9 Å². The number of rotatable bonds is 5. The highest BCUT2D eigenvalue weighted by atomic mass is 16.2. The van der Waals surface area contributed by atoms with E-state index in [-0.39, 0.29) is 0 Å². The predicted molar refractivity (Wildman–Crippen MR) is 89.6 cm³/mol. The second kappa shape index (κ2) is 7.61. The Kier molecular flexibility index (Phi) is 5.30. The van der Waals surface area contributed by atoms with Gasteiger partial charge in [-0.25, -0.2) is 0 Å². The summed E-state index contributed by atoms with van der Waals surface area (Å²) in [6.45, 7) is 3.94. The molecule has 3 rings (SSSR count). The smallest absolute Gasteiger partial charge is 0.222 e. The first-order valence-electron chi connectivity index (χ1n) is 8.77. The van der Waals surface area contributed by atoms with Crippen molar-refractivity contribution in [2.24, 2.45) is 0 Å². The maximum absolute atomic E-state index is 11.8. The fourth-order valence-electron chi connectivity index (χ4n) is 3.76. The van der Waals surface area contributed by atoms with E-state index >= 15 is 0 Å². The summed E-state index contributed by atoms with van der Waals surface area (Å²) in [5.74, 6) is 0.333. The van der Waals surface area contributed by atoms with Crippen molar-refractivity contribution in [2.75, 3.05) is 19.6 Å². The van der Waals surface area contributed by atoms with Crippen LogP contribution in [0.1, 0.15) is 49.7 Å². The molecule has 1 atom stereocenters. The molecule has 4 heteroatoms. The van der Waals surface area contributed by atoms with E-state index < -0.39 is 0 Å². The zero-order valence-electron chi connectivity index (χ0n) is 13.7. The van der Waals surface area contributed by atoms with Gasteiger partial charge in [-0.3, -0.25) is 9.69 Å². The highest BCUT2D eigenvalue weighted by molar-refractivity contribution is 5.78. The quantitative estimate of drug-likeness (QED) is 0.840. The largest absolute Gasteiger partial charge is 0.343 e. The molecule has 2 aliphatic rings. The van der Waals surface area contributed by atoms with E-state index in [4.69, 9.17) is 5.26 Å². The zero-order chi connectivity index (χ0) is 16.1. The fraction of sp³-hybridized carbons (Fsp3) is 0.579. The highest BCUT2D eigenvalue weighted by Gasteiger charge is 2.25. The van der Waals surface area contributed by atoms with Crippen LogP contribution in [0.4, 0.5) is 0 Å². The summed E-state index contributed by atoms with van der Waals surface area (Å²) in [4.78, 5) is 16.4. The van der Waals surface area contributed by atoms with Crippen LogP contribution >= 0.6 is 0 Å². The lowest BCUT2D eigenvalue weighted by molar-refractivity contribution is -0.127. The Labute approximate surface area is 138 Å². The summed E-state index contributed by atoms with van der Waals surface area (Å²) in [7, 11) is 0. The molecule has 2 saturated heterocycles. The lowest BCUT2D eigenvalue weighted by Crippen LogP contribution is -2.41. The number of hydrogen-bond acceptors (Lipinski definition) is 3. The Morgan fingerprint density at radius 3 is 2.65 bits per heavy atom. The lowest BCUT2D eigenvalue weighted by atomic mass is 9.98. The van der Waals surface area contributed by atoms with Crippen molar-refractivity contribution in [1.29, 1.82) is 5.26 Å². The summed E-state index contributed by atoms with van der Waals surface area (Å²) < 4.78 is 0. The van der Waals surface area contributed by atoms with Crippen LogP contribution in [0.15, 0.2) is 24.3 Å². The zero-order valence-corrected chi connectivity index (χ0v) is 13.7. The van der Waals surface area contributed by atoms with E-state index in [1.165, 1.54) is 24.8 Å². The van der Waals surface area contributed by atoms with Crippen LogP contribution in [-0.4, -0.2) is 41.4 Å². The second-order valence-electron chi connectivity index (χ2n) is 6.70. The Balaban J connectivity index is 1.57. The molecule has 0 aliphatic carbocycles. The average Bonchev–Trinajstić information content (AvgIpc) is 3.00. The molecule has 2 fully saturated rings. The van der Waals surface area contributed by atoms with Gasteiger partial charge in [-0.2, -0.15) is 5.26 Å². The van der Waals surface area contributed by atoms with Crippen LogP contribution in [0.5, 0.6) is 0 Å². The molecule has 122 valence electrons. The molecule has 0 bridgehead atoms. The van der Waals surface area contributed by atoms with Gasteiger partial charge >= 0.3 is 0 Å². The number of amides is 1. The molecule has 1 amide bonds. The second-order valence-corrected chi connectivity index (χ2v) is 6.70. The summed E-state index contributed by atoms with van der Waals surface area (Å²) >= 11 is 0. The number of hydrogen-bond donors (Lipinski definition) is 0. The van der Waals surface area contributed by atoms with E-state index in [1.807, 2.05) is 17.0 Å². The van der Waals surface area contributed by atoms with Gasteiger partial charge in [0, 0.05) is 32.1 Å². The summed E-state index contributed by atoms with van der Waals surface area (Å²) in [6.07, 6.45) is 6.64. The molecule has 2 aliphatic heterocycles. The first-order valence-corrected chi connectivity index (χ1v) is 8.77. The van der Waals surface area contributed by atoms with Gasteiger partial charge in [0.05, 0.1) is 11.6 Å². The monoisotopic (exact) mass is 311 g/mol. The third kappa shape index (κ3) is 4.11. The minimum absolute atomic E-state index is 0.333. The van der Waals surface area contributed by atoms with Crippen LogP contribution in [0.25, 0.3) is 0 Å². The van der Waals surface area contributed by atoms with Gasteiger partial charge in [0.1, 0.15) is 0 Å². The van der Waals surface area contributed by atoms with Gasteiger partial charge in [0.15, 0.2) is 0 Å². The van der Waals surface area contributed by atoms with Crippen molar-refractivity contribution in [3.8, 4) is 6.07 Å². The lowest BCUT2D eigenvalue weighted by Gasteiger charge is -2.36. The number of nitriles is 1. The molecule has 0 saturated carbocycles. The van der Waals surface area contributed by atoms with E-state index in [2.05, 4.69) is 23.1 Å². The number of carbonyl (C=O) groups is 1. The van der Waals surface area contributed by atoms with Gasteiger partial charge in [0.2, 0.25) is 5.91 Å². The predicted octanol–water partition coefficient (Wildman–Crippen LogP) is 2.93. The molecule has 1 aromatic carbocycles. The number of piperidine rings is 1. The average molecular weight is 311 g/mol. The number of benzene rings is 1. The van der Waals surface area contributed by atoms with Crippen molar-refractivity contribution in [3.05, 3.63) is 35.4 Å². The Hall–Kier alpha value is -1.86. The molecule has 0 N–H and O–H groups in total. The van der Waals surface area contributed by atoms with E-state index in [9.17, 15) is 4.79 Å².